The van der Waals surface area contributed by atoms with Crippen LogP contribution in [0, 0.1) is 6.92 Å². The van der Waals surface area contributed by atoms with Crippen molar-refractivity contribution >= 4 is 23.2 Å². The molecule has 0 radical (unpaired) electrons. The molecule has 2 N–H and O–H groups in total. The molecule has 1 aliphatic heterocycles. The van der Waals surface area contributed by atoms with Gasteiger partial charge in [0.15, 0.2) is 29.3 Å². The van der Waals surface area contributed by atoms with Crippen LogP contribution in [0.15, 0.2) is 47.2 Å². The van der Waals surface area contributed by atoms with Gasteiger partial charge in [-0.3, -0.25) is 9.59 Å². The molecule has 1 aromatic heterocycles. The Bertz CT molecular complexity index is 1090. The lowest BCUT2D eigenvalue weighted by molar-refractivity contribution is -0.114. The van der Waals surface area contributed by atoms with Crippen molar-refractivity contribution in [1.29, 1.82) is 0 Å². The molecule has 8 heteroatoms. The zero-order valence-corrected chi connectivity index (χ0v) is 15.9. The summed E-state index contributed by atoms with van der Waals surface area (Å²) in [5.74, 6) is 0.610. The number of fused-ring (bicyclic) bond motifs is 1. The molecule has 4 rings (SSSR count). The molecule has 0 fully saturated rings. The largest absolute Gasteiger partial charge is 0.486 e. The highest BCUT2D eigenvalue weighted by molar-refractivity contribution is 6.09. The van der Waals surface area contributed by atoms with Gasteiger partial charge >= 0.3 is 0 Å². The fraction of sp³-hybridized carbons (Fsp3) is 0.190. The fourth-order valence-corrected chi connectivity index (χ4v) is 3.09. The SMILES string of the molecule is CC(=O)Nc1cc2c(cc1NC(=O)c1ncoc1-c1ccccc1C)OCCO2. The topological polar surface area (TPSA) is 103 Å². The maximum Gasteiger partial charge on any atom is 0.278 e. The number of benzene rings is 2. The summed E-state index contributed by atoms with van der Waals surface area (Å²) in [6, 6.07) is 10.8. The van der Waals surface area contributed by atoms with Crippen molar-refractivity contribution in [3.05, 3.63) is 54.0 Å². The number of amides is 2. The van der Waals surface area contributed by atoms with Gasteiger partial charge in [0.2, 0.25) is 5.91 Å². The summed E-state index contributed by atoms with van der Waals surface area (Å²) in [6.45, 7) is 4.13. The van der Waals surface area contributed by atoms with E-state index in [1.165, 1.54) is 13.3 Å². The number of rotatable bonds is 4. The Balaban J connectivity index is 1.68. The predicted octanol–water partition coefficient (Wildman–Crippen LogP) is 3.63. The van der Waals surface area contributed by atoms with E-state index < -0.39 is 5.91 Å². The molecule has 1 aliphatic rings. The molecule has 2 heterocycles. The molecule has 0 bridgehead atoms. The van der Waals surface area contributed by atoms with Crippen LogP contribution in [0.1, 0.15) is 23.0 Å². The second-order valence-electron chi connectivity index (χ2n) is 6.52. The second-order valence-corrected chi connectivity index (χ2v) is 6.52. The van der Waals surface area contributed by atoms with Crippen LogP contribution < -0.4 is 20.1 Å². The highest BCUT2D eigenvalue weighted by atomic mass is 16.6. The number of nitrogens with zero attached hydrogens (tertiary/aromatic N) is 1. The van der Waals surface area contributed by atoms with Crippen molar-refractivity contribution in [2.45, 2.75) is 13.8 Å². The third-order valence-corrected chi connectivity index (χ3v) is 4.41. The van der Waals surface area contributed by atoms with Crippen molar-refractivity contribution in [3.8, 4) is 22.8 Å². The van der Waals surface area contributed by atoms with Gasteiger partial charge < -0.3 is 24.5 Å². The summed E-state index contributed by atoms with van der Waals surface area (Å²) in [6.07, 6.45) is 1.23. The van der Waals surface area contributed by atoms with Gasteiger partial charge in [-0.05, 0) is 12.5 Å². The van der Waals surface area contributed by atoms with Crippen LogP contribution in [0.25, 0.3) is 11.3 Å². The summed E-state index contributed by atoms with van der Waals surface area (Å²) >= 11 is 0. The molecular weight excluding hydrogens is 374 g/mol. The normalized spacial score (nSPS) is 12.3. The maximum absolute atomic E-state index is 13.0. The predicted molar refractivity (Wildman–Crippen MR) is 106 cm³/mol. The van der Waals surface area contributed by atoms with Crippen LogP contribution in [0.4, 0.5) is 11.4 Å². The van der Waals surface area contributed by atoms with Crippen LogP contribution in [0.5, 0.6) is 11.5 Å². The third-order valence-electron chi connectivity index (χ3n) is 4.41. The van der Waals surface area contributed by atoms with Gasteiger partial charge in [0, 0.05) is 24.6 Å². The van der Waals surface area contributed by atoms with Crippen molar-refractivity contribution in [2.24, 2.45) is 0 Å². The van der Waals surface area contributed by atoms with Crippen LogP contribution in [0.2, 0.25) is 0 Å². The average Bonchev–Trinajstić information content (AvgIpc) is 3.18. The summed E-state index contributed by atoms with van der Waals surface area (Å²) in [5, 5.41) is 5.48. The molecule has 8 nitrogen and oxygen atoms in total. The number of ether oxygens (including phenoxy) is 2. The van der Waals surface area contributed by atoms with Gasteiger partial charge in [-0.25, -0.2) is 4.98 Å². The number of hydrogen-bond donors (Lipinski definition) is 2. The molecule has 148 valence electrons. The summed E-state index contributed by atoms with van der Waals surface area (Å²) < 4.78 is 16.6. The molecule has 3 aromatic rings. The Morgan fingerprint density at radius 2 is 1.66 bits per heavy atom. The number of carbonyl (C=O) groups excluding carboxylic acids is 2. The standard InChI is InChI=1S/C21H19N3O5/c1-12-5-3-4-6-14(12)20-19(22-11-29-20)21(26)24-16-10-18-17(27-7-8-28-18)9-15(16)23-13(2)25/h3-6,9-11H,7-8H2,1-2H3,(H,23,25)(H,24,26). The second kappa shape index (κ2) is 7.67. The van der Waals surface area contributed by atoms with E-state index in [2.05, 4.69) is 15.6 Å². The van der Waals surface area contributed by atoms with E-state index in [0.717, 1.165) is 11.1 Å². The molecule has 2 amide bonds. The summed E-state index contributed by atoms with van der Waals surface area (Å²) in [4.78, 5) is 28.7. The molecular formula is C21H19N3O5. The lowest BCUT2D eigenvalue weighted by atomic mass is 10.1. The summed E-state index contributed by atoms with van der Waals surface area (Å²) in [7, 11) is 0. The van der Waals surface area contributed by atoms with Gasteiger partial charge in [0.25, 0.3) is 5.91 Å². The molecule has 0 aliphatic carbocycles. The Morgan fingerprint density at radius 3 is 2.31 bits per heavy atom. The van der Waals surface area contributed by atoms with Gasteiger partial charge in [-0.2, -0.15) is 0 Å². The number of nitrogens with one attached hydrogen (secondary N) is 2. The van der Waals surface area contributed by atoms with E-state index in [-0.39, 0.29) is 11.6 Å². The van der Waals surface area contributed by atoms with Gasteiger partial charge in [0.05, 0.1) is 11.4 Å². The molecule has 0 unspecified atom stereocenters. The lowest BCUT2D eigenvalue weighted by Gasteiger charge is -2.21. The lowest BCUT2D eigenvalue weighted by Crippen LogP contribution is -2.19. The number of anilines is 2. The van der Waals surface area contributed by atoms with E-state index in [4.69, 9.17) is 13.9 Å². The minimum atomic E-state index is -0.472. The van der Waals surface area contributed by atoms with E-state index in [1.807, 2.05) is 31.2 Å². The first kappa shape index (κ1) is 18.5. The van der Waals surface area contributed by atoms with Crippen molar-refractivity contribution in [3.63, 3.8) is 0 Å². The van der Waals surface area contributed by atoms with Crippen LogP contribution >= 0.6 is 0 Å². The van der Waals surface area contributed by atoms with E-state index in [0.29, 0.717) is 41.8 Å². The number of hydrogen-bond acceptors (Lipinski definition) is 6. The van der Waals surface area contributed by atoms with Crippen molar-refractivity contribution in [1.82, 2.24) is 4.98 Å². The van der Waals surface area contributed by atoms with E-state index in [9.17, 15) is 9.59 Å². The Morgan fingerprint density at radius 1 is 1.00 bits per heavy atom. The molecule has 0 atom stereocenters. The third kappa shape index (κ3) is 3.77. The number of aryl methyl sites for hydroxylation is 1. The number of aromatic nitrogens is 1. The first-order valence-corrected chi connectivity index (χ1v) is 9.05. The molecule has 29 heavy (non-hydrogen) atoms. The smallest absolute Gasteiger partial charge is 0.278 e. The van der Waals surface area contributed by atoms with Crippen LogP contribution in [0.3, 0.4) is 0 Å². The highest BCUT2D eigenvalue weighted by Crippen LogP contribution is 2.39. The monoisotopic (exact) mass is 393 g/mol. The molecule has 2 aromatic carbocycles. The minimum Gasteiger partial charge on any atom is -0.486 e. The average molecular weight is 393 g/mol. The fourth-order valence-electron chi connectivity index (χ4n) is 3.09. The van der Waals surface area contributed by atoms with Crippen molar-refractivity contribution < 1.29 is 23.5 Å². The minimum absolute atomic E-state index is 0.142. The maximum atomic E-state index is 13.0. The zero-order valence-electron chi connectivity index (χ0n) is 15.9. The summed E-state index contributed by atoms with van der Waals surface area (Å²) in [5.41, 5.74) is 2.64. The zero-order chi connectivity index (χ0) is 20.4. The quantitative estimate of drug-likeness (QED) is 0.702. The highest BCUT2D eigenvalue weighted by Gasteiger charge is 2.23. The van der Waals surface area contributed by atoms with Gasteiger partial charge in [0.1, 0.15) is 13.2 Å². The van der Waals surface area contributed by atoms with Crippen LogP contribution in [-0.4, -0.2) is 30.0 Å². The molecule has 0 saturated heterocycles. The number of oxazole rings is 1. The van der Waals surface area contributed by atoms with Gasteiger partial charge in [-0.15, -0.1) is 0 Å². The number of carbonyl (C=O) groups is 2. The first-order valence-electron chi connectivity index (χ1n) is 9.05. The first-order chi connectivity index (χ1) is 14.0. The Labute approximate surface area is 166 Å². The van der Waals surface area contributed by atoms with E-state index >= 15 is 0 Å². The molecule has 0 spiro atoms. The molecule has 0 saturated carbocycles. The van der Waals surface area contributed by atoms with Gasteiger partial charge in [-0.1, -0.05) is 24.3 Å². The van der Waals surface area contributed by atoms with Crippen molar-refractivity contribution in [2.75, 3.05) is 23.8 Å². The Kier molecular flexibility index (Phi) is 4.90. The van der Waals surface area contributed by atoms with Crippen LogP contribution in [-0.2, 0) is 4.79 Å². The Hall–Kier alpha value is -3.81. The van der Waals surface area contributed by atoms with E-state index in [1.54, 1.807) is 12.1 Å².